The maximum Gasteiger partial charge on any atom is 0.254 e. The number of amides is 2. The molecule has 3 aromatic carbocycles. The van der Waals surface area contributed by atoms with Crippen molar-refractivity contribution in [2.45, 2.75) is 13.8 Å². The Kier molecular flexibility index (Phi) is 8.15. The molecular formula is C30H33N5O2. The second kappa shape index (κ2) is 11.7. The first-order valence-corrected chi connectivity index (χ1v) is 12.3. The molecule has 4 aromatic rings. The lowest BCUT2D eigenvalue weighted by Crippen LogP contribution is -2.41. The summed E-state index contributed by atoms with van der Waals surface area (Å²) in [4.78, 5) is 34.8. The fraction of sp³-hybridized carbons (Fsp3) is 0.233. The fourth-order valence-corrected chi connectivity index (χ4v) is 3.91. The van der Waals surface area contributed by atoms with Crippen LogP contribution in [0.2, 0.25) is 0 Å². The number of hydrogen-bond donors (Lipinski definition) is 1. The molecule has 37 heavy (non-hydrogen) atoms. The zero-order chi connectivity index (χ0) is 26.4. The normalized spacial score (nSPS) is 10.9. The fourth-order valence-electron chi connectivity index (χ4n) is 3.91. The zero-order valence-electron chi connectivity index (χ0n) is 21.8. The van der Waals surface area contributed by atoms with Gasteiger partial charge in [-0.1, -0.05) is 65.7 Å². The van der Waals surface area contributed by atoms with Crippen LogP contribution in [0.25, 0.3) is 16.9 Å². The van der Waals surface area contributed by atoms with Gasteiger partial charge in [0.15, 0.2) is 0 Å². The van der Waals surface area contributed by atoms with E-state index in [1.54, 1.807) is 17.0 Å². The Morgan fingerprint density at radius 1 is 0.838 bits per heavy atom. The van der Waals surface area contributed by atoms with E-state index in [-0.39, 0.29) is 18.4 Å². The van der Waals surface area contributed by atoms with E-state index in [0.29, 0.717) is 24.6 Å². The smallest absolute Gasteiger partial charge is 0.254 e. The molecule has 0 aliphatic carbocycles. The summed E-state index contributed by atoms with van der Waals surface area (Å²) >= 11 is 0. The number of aromatic nitrogens is 2. The predicted octanol–water partition coefficient (Wildman–Crippen LogP) is 4.80. The molecule has 0 fully saturated rings. The number of aryl methyl sites for hydroxylation is 2. The number of anilines is 1. The minimum absolute atomic E-state index is 0.0812. The molecule has 0 bridgehead atoms. The van der Waals surface area contributed by atoms with Gasteiger partial charge in [-0.15, -0.1) is 0 Å². The number of carbonyl (C=O) groups excluding carboxylic acids is 2. The predicted molar refractivity (Wildman–Crippen MR) is 148 cm³/mol. The molecule has 1 N–H and O–H groups in total. The van der Waals surface area contributed by atoms with E-state index in [4.69, 9.17) is 4.98 Å². The lowest BCUT2D eigenvalue weighted by Gasteiger charge is -2.24. The van der Waals surface area contributed by atoms with Gasteiger partial charge in [-0.25, -0.2) is 4.98 Å². The van der Waals surface area contributed by atoms with Gasteiger partial charge in [-0.2, -0.15) is 0 Å². The van der Waals surface area contributed by atoms with E-state index in [9.17, 15) is 9.59 Å². The van der Waals surface area contributed by atoms with Crippen LogP contribution in [0.15, 0.2) is 85.1 Å². The van der Waals surface area contributed by atoms with Crippen LogP contribution < -0.4 is 5.32 Å². The summed E-state index contributed by atoms with van der Waals surface area (Å²) in [6, 6.07) is 25.2. The van der Waals surface area contributed by atoms with E-state index in [1.165, 1.54) is 0 Å². The molecule has 4 rings (SSSR count). The molecule has 0 saturated carbocycles. The number of rotatable bonds is 9. The van der Waals surface area contributed by atoms with Gasteiger partial charge in [0.25, 0.3) is 5.91 Å². The number of imidazole rings is 1. The number of carbonyl (C=O) groups is 2. The van der Waals surface area contributed by atoms with Crippen LogP contribution in [0, 0.1) is 13.8 Å². The van der Waals surface area contributed by atoms with Crippen LogP contribution in [0.4, 0.5) is 5.95 Å². The highest BCUT2D eigenvalue weighted by molar-refractivity contribution is 5.99. The van der Waals surface area contributed by atoms with Crippen LogP contribution in [0.5, 0.6) is 0 Å². The molecule has 0 radical (unpaired) electrons. The van der Waals surface area contributed by atoms with Gasteiger partial charge in [-0.05, 0) is 52.2 Å². The maximum absolute atomic E-state index is 13.3. The molecule has 0 spiro atoms. The molecule has 7 heteroatoms. The lowest BCUT2D eigenvalue weighted by molar-refractivity contribution is -0.117. The van der Waals surface area contributed by atoms with Crippen molar-refractivity contribution < 1.29 is 9.59 Å². The van der Waals surface area contributed by atoms with Crippen molar-refractivity contribution >= 4 is 17.8 Å². The van der Waals surface area contributed by atoms with Crippen molar-refractivity contribution in [3.63, 3.8) is 0 Å². The monoisotopic (exact) mass is 495 g/mol. The Labute approximate surface area is 218 Å². The SMILES string of the molecule is Cc1ccc(-c2cn(-c3ccc(C)cc3)c(NC(=O)CN(CCN(C)C)C(=O)c3ccccc3)n2)cc1. The minimum atomic E-state index is -0.308. The Morgan fingerprint density at radius 2 is 1.46 bits per heavy atom. The molecule has 0 unspecified atom stereocenters. The van der Waals surface area contributed by atoms with Gasteiger partial charge < -0.3 is 9.80 Å². The number of nitrogens with zero attached hydrogens (tertiary/aromatic N) is 4. The van der Waals surface area contributed by atoms with Crippen LogP contribution in [-0.4, -0.2) is 64.9 Å². The van der Waals surface area contributed by atoms with E-state index in [2.05, 4.69) is 5.32 Å². The number of benzene rings is 3. The van der Waals surface area contributed by atoms with Crippen LogP contribution in [-0.2, 0) is 4.79 Å². The topological polar surface area (TPSA) is 70.5 Å². The van der Waals surface area contributed by atoms with Crippen LogP contribution in [0.3, 0.4) is 0 Å². The highest BCUT2D eigenvalue weighted by atomic mass is 16.2. The number of hydrogen-bond acceptors (Lipinski definition) is 4. The van der Waals surface area contributed by atoms with Crippen LogP contribution in [0.1, 0.15) is 21.5 Å². The first kappa shape index (κ1) is 25.9. The molecule has 2 amide bonds. The Bertz CT molecular complexity index is 1340. The molecule has 0 atom stereocenters. The highest BCUT2D eigenvalue weighted by Gasteiger charge is 2.21. The van der Waals surface area contributed by atoms with E-state index in [1.807, 2.05) is 110 Å². The van der Waals surface area contributed by atoms with Gasteiger partial charge in [0, 0.05) is 36.1 Å². The second-order valence-electron chi connectivity index (χ2n) is 9.47. The van der Waals surface area contributed by atoms with Gasteiger partial charge in [-0.3, -0.25) is 19.5 Å². The summed E-state index contributed by atoms with van der Waals surface area (Å²) in [7, 11) is 3.88. The average molecular weight is 496 g/mol. The molecule has 190 valence electrons. The summed E-state index contributed by atoms with van der Waals surface area (Å²) in [5.74, 6) is -0.0820. The van der Waals surface area contributed by atoms with Crippen molar-refractivity contribution in [2.75, 3.05) is 39.0 Å². The third kappa shape index (κ3) is 6.71. The van der Waals surface area contributed by atoms with E-state index >= 15 is 0 Å². The average Bonchev–Trinajstić information content (AvgIpc) is 3.30. The molecule has 7 nitrogen and oxygen atoms in total. The highest BCUT2D eigenvalue weighted by Crippen LogP contribution is 2.25. The first-order chi connectivity index (χ1) is 17.8. The third-order valence-corrected chi connectivity index (χ3v) is 6.08. The van der Waals surface area contributed by atoms with Gasteiger partial charge >= 0.3 is 0 Å². The molecule has 0 aliphatic rings. The van der Waals surface area contributed by atoms with Crippen LogP contribution >= 0.6 is 0 Å². The zero-order valence-corrected chi connectivity index (χ0v) is 21.8. The summed E-state index contributed by atoms with van der Waals surface area (Å²) in [5.41, 5.74) is 5.45. The van der Waals surface area contributed by atoms with Gasteiger partial charge in [0.2, 0.25) is 11.9 Å². The number of likely N-dealkylation sites (N-methyl/N-ethyl adjacent to an activating group) is 1. The molecule has 0 aliphatic heterocycles. The largest absolute Gasteiger partial charge is 0.328 e. The second-order valence-corrected chi connectivity index (χ2v) is 9.47. The summed E-state index contributed by atoms with van der Waals surface area (Å²) in [5, 5.41) is 2.96. The summed E-state index contributed by atoms with van der Waals surface area (Å²) in [6.45, 7) is 5.06. The van der Waals surface area contributed by atoms with Crippen molar-refractivity contribution in [3.05, 3.63) is 102 Å². The maximum atomic E-state index is 13.3. The molecule has 1 aromatic heterocycles. The molecule has 1 heterocycles. The van der Waals surface area contributed by atoms with Crippen molar-refractivity contribution in [3.8, 4) is 16.9 Å². The van der Waals surface area contributed by atoms with Crippen molar-refractivity contribution in [1.29, 1.82) is 0 Å². The summed E-state index contributed by atoms with van der Waals surface area (Å²) in [6.07, 6.45) is 1.92. The Balaban J connectivity index is 1.60. The molecule has 0 saturated heterocycles. The minimum Gasteiger partial charge on any atom is -0.328 e. The quantitative estimate of drug-likeness (QED) is 0.362. The standard InChI is InChI=1S/C30H33N5O2/c1-22-10-14-24(15-11-22)27-20-35(26-16-12-23(2)13-17-26)30(31-27)32-28(36)21-34(19-18-33(3)4)29(37)25-8-6-5-7-9-25/h5-17,20H,18-19,21H2,1-4H3,(H,31,32,36). The van der Waals surface area contributed by atoms with E-state index in [0.717, 1.165) is 28.1 Å². The Morgan fingerprint density at radius 3 is 2.08 bits per heavy atom. The van der Waals surface area contributed by atoms with Crippen molar-refractivity contribution in [2.24, 2.45) is 0 Å². The van der Waals surface area contributed by atoms with E-state index < -0.39 is 0 Å². The van der Waals surface area contributed by atoms with Gasteiger partial charge in [0.1, 0.15) is 6.54 Å². The molecular weight excluding hydrogens is 462 g/mol. The van der Waals surface area contributed by atoms with Gasteiger partial charge in [0.05, 0.1) is 5.69 Å². The first-order valence-electron chi connectivity index (χ1n) is 12.3. The lowest BCUT2D eigenvalue weighted by atomic mass is 10.1. The summed E-state index contributed by atoms with van der Waals surface area (Å²) < 4.78 is 1.87. The third-order valence-electron chi connectivity index (χ3n) is 6.08. The Hall–Kier alpha value is -4.23. The number of nitrogens with one attached hydrogen (secondary N) is 1. The van der Waals surface area contributed by atoms with Crippen molar-refractivity contribution in [1.82, 2.24) is 19.4 Å².